The number of azo groups is 1. The maximum absolute atomic E-state index is 11.5. The second-order valence-corrected chi connectivity index (χ2v) is 7.30. The van der Waals surface area contributed by atoms with Gasteiger partial charge in [0.2, 0.25) is 5.88 Å². The molecule has 0 unspecified atom stereocenters. The van der Waals surface area contributed by atoms with Gasteiger partial charge in [-0.3, -0.25) is 4.55 Å². The molecule has 0 radical (unpaired) electrons. The summed E-state index contributed by atoms with van der Waals surface area (Å²) in [7, 11) is -4.39. The summed E-state index contributed by atoms with van der Waals surface area (Å²) in [6.45, 7) is 2.28. The van der Waals surface area contributed by atoms with Gasteiger partial charge < -0.3 is 14.1 Å². The number of hydrogen-bond acceptors (Lipinski definition) is 6. The largest absolute Gasteiger partial charge is 0.493 e. The topological polar surface area (TPSA) is 117 Å². The van der Waals surface area contributed by atoms with Crippen LogP contribution < -0.4 is 0 Å². The van der Waals surface area contributed by atoms with Crippen LogP contribution in [0.2, 0.25) is 0 Å². The molecule has 0 aliphatic heterocycles. The molecule has 138 valence electrons. The lowest BCUT2D eigenvalue weighted by Crippen LogP contribution is -1.98. The smallest absolute Gasteiger partial charge is 0.294 e. The summed E-state index contributed by atoms with van der Waals surface area (Å²) in [6.07, 6.45) is 1.54. The second kappa shape index (κ2) is 6.22. The van der Waals surface area contributed by atoms with Crippen LogP contribution in [0.25, 0.3) is 21.9 Å². The highest BCUT2D eigenvalue weighted by atomic mass is 32.2. The highest BCUT2D eigenvalue weighted by molar-refractivity contribution is 7.85. The van der Waals surface area contributed by atoms with Crippen LogP contribution in [0.5, 0.6) is 5.88 Å². The fourth-order valence-corrected chi connectivity index (χ4v) is 3.56. The minimum absolute atomic E-state index is 0.123. The third-order valence-electron chi connectivity index (χ3n) is 4.33. The minimum atomic E-state index is -4.39. The molecule has 0 saturated heterocycles. The van der Waals surface area contributed by atoms with Gasteiger partial charge in [-0.25, -0.2) is 0 Å². The molecule has 2 N–H and O–H groups in total. The molecule has 27 heavy (non-hydrogen) atoms. The van der Waals surface area contributed by atoms with Gasteiger partial charge in [0, 0.05) is 17.3 Å². The SMILES string of the molecule is CCn1c(O)c(N=Nc2cccc3occc23)c2cc(S(=O)(=O)O)ccc21. The van der Waals surface area contributed by atoms with Crippen molar-refractivity contribution < 1.29 is 22.5 Å². The number of hydrogen-bond donors (Lipinski definition) is 2. The summed E-state index contributed by atoms with van der Waals surface area (Å²) in [5.74, 6) is -0.136. The van der Waals surface area contributed by atoms with Crippen molar-refractivity contribution in [3.05, 3.63) is 48.7 Å². The van der Waals surface area contributed by atoms with Crippen molar-refractivity contribution in [2.24, 2.45) is 10.2 Å². The van der Waals surface area contributed by atoms with Crippen LogP contribution in [0.3, 0.4) is 0 Å². The number of aryl methyl sites for hydroxylation is 1. The Morgan fingerprint density at radius 3 is 2.67 bits per heavy atom. The first kappa shape index (κ1) is 17.3. The molecule has 0 atom stereocenters. The van der Waals surface area contributed by atoms with E-state index in [1.165, 1.54) is 18.2 Å². The lowest BCUT2D eigenvalue weighted by atomic mass is 10.2. The molecule has 9 heteroatoms. The van der Waals surface area contributed by atoms with E-state index >= 15 is 0 Å². The molecule has 0 saturated carbocycles. The lowest BCUT2D eigenvalue weighted by Gasteiger charge is -2.02. The van der Waals surface area contributed by atoms with Crippen LogP contribution in [0.15, 0.2) is 68.3 Å². The highest BCUT2D eigenvalue weighted by Gasteiger charge is 2.19. The molecule has 4 aromatic rings. The molecule has 0 aliphatic carbocycles. The van der Waals surface area contributed by atoms with Crippen molar-refractivity contribution in [3.63, 3.8) is 0 Å². The average molecular weight is 385 g/mol. The number of fused-ring (bicyclic) bond motifs is 2. The fraction of sp³-hybridized carbons (Fsp3) is 0.111. The predicted octanol–water partition coefficient (Wildman–Crippen LogP) is 4.78. The Hall–Kier alpha value is -3.17. The Morgan fingerprint density at radius 2 is 1.93 bits per heavy atom. The van der Waals surface area contributed by atoms with E-state index in [-0.39, 0.29) is 16.5 Å². The maximum atomic E-state index is 11.5. The fourth-order valence-electron chi connectivity index (χ4n) is 3.05. The van der Waals surface area contributed by atoms with Gasteiger partial charge >= 0.3 is 0 Å². The van der Waals surface area contributed by atoms with Gasteiger partial charge in [-0.15, -0.1) is 10.2 Å². The van der Waals surface area contributed by atoms with Crippen LogP contribution in [0, 0.1) is 0 Å². The number of aromatic nitrogens is 1. The molecule has 2 aromatic carbocycles. The molecule has 2 heterocycles. The highest BCUT2D eigenvalue weighted by Crippen LogP contribution is 2.41. The first-order chi connectivity index (χ1) is 12.9. The van der Waals surface area contributed by atoms with Crippen LogP contribution in [0.1, 0.15) is 6.92 Å². The van der Waals surface area contributed by atoms with Gasteiger partial charge in [0.1, 0.15) is 5.58 Å². The number of rotatable bonds is 4. The minimum Gasteiger partial charge on any atom is -0.493 e. The van der Waals surface area contributed by atoms with E-state index in [1.54, 1.807) is 35.1 Å². The maximum Gasteiger partial charge on any atom is 0.294 e. The Bertz CT molecular complexity index is 1300. The number of benzene rings is 2. The molecule has 0 bridgehead atoms. The molecular formula is C18H15N3O5S. The van der Waals surface area contributed by atoms with E-state index in [4.69, 9.17) is 4.42 Å². The quantitative estimate of drug-likeness (QED) is 0.387. The van der Waals surface area contributed by atoms with Crippen LogP contribution in [-0.4, -0.2) is 22.6 Å². The van der Waals surface area contributed by atoms with Gasteiger partial charge in [0.05, 0.1) is 22.4 Å². The summed E-state index contributed by atoms with van der Waals surface area (Å²) < 4.78 is 39.2. The molecule has 0 fully saturated rings. The van der Waals surface area contributed by atoms with E-state index in [9.17, 15) is 18.1 Å². The Kier molecular flexibility index (Phi) is 3.97. The van der Waals surface area contributed by atoms with Crippen LogP contribution >= 0.6 is 0 Å². The summed E-state index contributed by atoms with van der Waals surface area (Å²) >= 11 is 0. The van der Waals surface area contributed by atoms with Crippen molar-refractivity contribution in [2.45, 2.75) is 18.4 Å². The summed E-state index contributed by atoms with van der Waals surface area (Å²) in [5.41, 5.74) is 1.90. The molecule has 8 nitrogen and oxygen atoms in total. The third-order valence-corrected chi connectivity index (χ3v) is 5.18. The number of furan rings is 1. The molecule has 0 spiro atoms. The zero-order chi connectivity index (χ0) is 19.2. The van der Waals surface area contributed by atoms with Crippen molar-refractivity contribution in [2.75, 3.05) is 0 Å². The van der Waals surface area contributed by atoms with Gasteiger partial charge in [0.15, 0.2) is 5.69 Å². The number of nitrogens with zero attached hydrogens (tertiary/aromatic N) is 3. The molecule has 4 rings (SSSR count). The summed E-state index contributed by atoms with van der Waals surface area (Å²) in [4.78, 5) is -0.281. The van der Waals surface area contributed by atoms with Crippen molar-refractivity contribution in [1.82, 2.24) is 4.57 Å². The molecule has 0 aliphatic rings. The molecular weight excluding hydrogens is 370 g/mol. The Labute approximate surface area is 154 Å². The predicted molar refractivity (Wildman–Crippen MR) is 99.5 cm³/mol. The van der Waals surface area contributed by atoms with Crippen LogP contribution in [0.4, 0.5) is 11.4 Å². The van der Waals surface area contributed by atoms with Gasteiger partial charge in [0.25, 0.3) is 10.1 Å². The molecule has 0 amide bonds. The first-order valence-corrected chi connectivity index (χ1v) is 9.55. The zero-order valence-electron chi connectivity index (χ0n) is 14.2. The normalized spacial score (nSPS) is 12.5. The number of aromatic hydroxyl groups is 1. The van der Waals surface area contributed by atoms with Gasteiger partial charge in [-0.05, 0) is 43.3 Å². The monoisotopic (exact) mass is 385 g/mol. The first-order valence-electron chi connectivity index (χ1n) is 8.11. The average Bonchev–Trinajstić information content (AvgIpc) is 3.21. The second-order valence-electron chi connectivity index (χ2n) is 5.88. The Morgan fingerprint density at radius 1 is 1.11 bits per heavy atom. The van der Waals surface area contributed by atoms with E-state index in [0.717, 1.165) is 5.39 Å². The van der Waals surface area contributed by atoms with Crippen molar-refractivity contribution >= 4 is 43.4 Å². The third kappa shape index (κ3) is 2.86. The van der Waals surface area contributed by atoms with Crippen LogP contribution in [-0.2, 0) is 16.7 Å². The van der Waals surface area contributed by atoms with E-state index in [0.29, 0.717) is 28.7 Å². The molecule has 2 aromatic heterocycles. The van der Waals surface area contributed by atoms with E-state index in [2.05, 4.69) is 10.2 Å². The van der Waals surface area contributed by atoms with Gasteiger partial charge in [-0.1, -0.05) is 6.07 Å². The zero-order valence-corrected chi connectivity index (χ0v) is 15.0. The lowest BCUT2D eigenvalue weighted by molar-refractivity contribution is 0.427. The van der Waals surface area contributed by atoms with Crippen molar-refractivity contribution in [1.29, 1.82) is 0 Å². The Balaban J connectivity index is 1.92. The summed E-state index contributed by atoms with van der Waals surface area (Å²) in [5, 5.41) is 20.0. The van der Waals surface area contributed by atoms with E-state index in [1.807, 2.05) is 6.92 Å². The van der Waals surface area contributed by atoms with Gasteiger partial charge in [-0.2, -0.15) is 8.42 Å². The van der Waals surface area contributed by atoms with E-state index < -0.39 is 10.1 Å². The standard InChI is InChI=1S/C18H15N3O5S/c1-2-21-15-7-6-11(27(23,24)25)10-13(15)17(18(21)22)20-19-14-4-3-5-16-12(14)8-9-26-16/h3-10,22H,2H2,1H3,(H,23,24,25). The summed E-state index contributed by atoms with van der Waals surface area (Å²) in [6, 6.07) is 11.1. The van der Waals surface area contributed by atoms with Crippen molar-refractivity contribution in [3.8, 4) is 5.88 Å².